The van der Waals surface area contributed by atoms with Crippen LogP contribution in [0.2, 0.25) is 0 Å². The lowest BCUT2D eigenvalue weighted by Gasteiger charge is -2.01. The Kier molecular flexibility index (Phi) is 3.13. The van der Waals surface area contributed by atoms with E-state index in [2.05, 4.69) is 15.5 Å². The minimum Gasteiger partial charge on any atom is -0.397 e. The van der Waals surface area contributed by atoms with Crippen LogP contribution in [-0.2, 0) is 0 Å². The number of aromatic nitrogens is 2. The van der Waals surface area contributed by atoms with Gasteiger partial charge in [0.15, 0.2) is 0 Å². The van der Waals surface area contributed by atoms with E-state index < -0.39 is 0 Å². The number of nitrogens with one attached hydrogen (secondary N) is 1. The maximum atomic E-state index is 12.3. The molecule has 3 N–H and O–H groups in total. The van der Waals surface area contributed by atoms with Crippen molar-refractivity contribution >= 4 is 39.0 Å². The molecule has 0 saturated carbocycles. The maximum Gasteiger partial charge on any atom is 0.270 e. The highest BCUT2D eigenvalue weighted by Gasteiger charge is 2.20. The van der Waals surface area contributed by atoms with Crippen LogP contribution in [0.5, 0.6) is 0 Å². The lowest BCUT2D eigenvalue weighted by molar-refractivity contribution is 0.102. The van der Waals surface area contributed by atoms with Crippen molar-refractivity contribution in [1.82, 2.24) is 10.1 Å². The van der Waals surface area contributed by atoms with Gasteiger partial charge in [-0.05, 0) is 32.4 Å². The summed E-state index contributed by atoms with van der Waals surface area (Å²) in [5, 5.41) is 7.21. The van der Waals surface area contributed by atoms with Crippen molar-refractivity contribution in [2.24, 2.45) is 0 Å². The number of nitrogens with zero attached hydrogens (tertiary/aromatic N) is 2. The van der Waals surface area contributed by atoms with E-state index in [-0.39, 0.29) is 5.91 Å². The van der Waals surface area contributed by atoms with E-state index in [1.165, 1.54) is 11.3 Å². The number of carbonyl (C=O) groups excluding carboxylic acids is 1. The standard InChI is InChI=1S/C14H14N4O2S/c1-6-4-7(2)16-14-10(6)11(15)12(21-14)13(19)17-9-5-8(3)18-20-9/h4-5H,15H2,1-3H3,(H,17,19). The van der Waals surface area contributed by atoms with Crippen molar-refractivity contribution in [3.8, 4) is 0 Å². The first-order valence-electron chi connectivity index (χ1n) is 6.36. The van der Waals surface area contributed by atoms with E-state index in [1.54, 1.807) is 13.0 Å². The van der Waals surface area contributed by atoms with E-state index in [0.717, 1.165) is 21.5 Å². The highest BCUT2D eigenvalue weighted by molar-refractivity contribution is 7.21. The summed E-state index contributed by atoms with van der Waals surface area (Å²) < 4.78 is 4.98. The molecule has 0 atom stereocenters. The molecule has 7 heteroatoms. The van der Waals surface area contributed by atoms with E-state index >= 15 is 0 Å². The zero-order valence-electron chi connectivity index (χ0n) is 11.9. The van der Waals surface area contributed by atoms with Gasteiger partial charge in [0.1, 0.15) is 9.71 Å². The van der Waals surface area contributed by atoms with Gasteiger partial charge in [0.05, 0.1) is 11.4 Å². The molecule has 0 unspecified atom stereocenters. The van der Waals surface area contributed by atoms with Crippen LogP contribution in [0.4, 0.5) is 11.6 Å². The molecule has 0 radical (unpaired) electrons. The number of rotatable bonds is 2. The van der Waals surface area contributed by atoms with Gasteiger partial charge >= 0.3 is 0 Å². The Hall–Kier alpha value is -2.41. The number of aryl methyl sites for hydroxylation is 3. The summed E-state index contributed by atoms with van der Waals surface area (Å²) in [4.78, 5) is 17.9. The van der Waals surface area contributed by atoms with Crippen molar-refractivity contribution < 1.29 is 9.32 Å². The van der Waals surface area contributed by atoms with Gasteiger partial charge in [-0.25, -0.2) is 4.98 Å². The van der Waals surface area contributed by atoms with Crippen LogP contribution in [0.1, 0.15) is 26.6 Å². The normalized spacial score (nSPS) is 11.0. The average molecular weight is 302 g/mol. The van der Waals surface area contributed by atoms with Crippen molar-refractivity contribution in [1.29, 1.82) is 0 Å². The lowest BCUT2D eigenvalue weighted by Crippen LogP contribution is -2.11. The molecule has 3 heterocycles. The molecule has 0 bridgehead atoms. The molecular formula is C14H14N4O2S. The number of pyridine rings is 1. The minimum atomic E-state index is -0.316. The molecule has 6 nitrogen and oxygen atoms in total. The average Bonchev–Trinajstić information content (AvgIpc) is 2.93. The molecule has 0 aliphatic carbocycles. The van der Waals surface area contributed by atoms with Crippen LogP contribution in [0.25, 0.3) is 10.2 Å². The summed E-state index contributed by atoms with van der Waals surface area (Å²) >= 11 is 1.28. The third kappa shape index (κ3) is 2.36. The lowest BCUT2D eigenvalue weighted by atomic mass is 10.1. The van der Waals surface area contributed by atoms with E-state index in [9.17, 15) is 4.79 Å². The second-order valence-corrected chi connectivity index (χ2v) is 5.89. The summed E-state index contributed by atoms with van der Waals surface area (Å²) in [6.45, 7) is 5.66. The first kappa shape index (κ1) is 13.6. The van der Waals surface area contributed by atoms with Crippen LogP contribution in [0.15, 0.2) is 16.7 Å². The van der Waals surface area contributed by atoms with Crippen LogP contribution in [0.3, 0.4) is 0 Å². The van der Waals surface area contributed by atoms with Gasteiger partial charge in [-0.3, -0.25) is 10.1 Å². The summed E-state index contributed by atoms with van der Waals surface area (Å²) in [5.41, 5.74) is 9.18. The van der Waals surface area contributed by atoms with Gasteiger partial charge in [-0.15, -0.1) is 11.3 Å². The fourth-order valence-corrected chi connectivity index (χ4v) is 3.34. The number of thiophene rings is 1. The molecule has 0 spiro atoms. The number of carbonyl (C=O) groups is 1. The minimum absolute atomic E-state index is 0.301. The highest BCUT2D eigenvalue weighted by Crippen LogP contribution is 2.35. The second kappa shape index (κ2) is 4.85. The first-order valence-corrected chi connectivity index (χ1v) is 7.18. The summed E-state index contributed by atoms with van der Waals surface area (Å²) in [7, 11) is 0. The predicted molar refractivity (Wildman–Crippen MR) is 82.7 cm³/mol. The molecule has 108 valence electrons. The molecule has 0 aromatic carbocycles. The van der Waals surface area contributed by atoms with Crippen molar-refractivity contribution in [3.63, 3.8) is 0 Å². The van der Waals surface area contributed by atoms with Crippen LogP contribution in [0, 0.1) is 20.8 Å². The zero-order chi connectivity index (χ0) is 15.1. The van der Waals surface area contributed by atoms with Gasteiger partial charge in [-0.2, -0.15) is 0 Å². The summed E-state index contributed by atoms with van der Waals surface area (Å²) in [6.07, 6.45) is 0. The maximum absolute atomic E-state index is 12.3. The zero-order valence-corrected chi connectivity index (χ0v) is 12.7. The molecule has 0 aliphatic rings. The van der Waals surface area contributed by atoms with E-state index in [4.69, 9.17) is 10.3 Å². The number of anilines is 2. The van der Waals surface area contributed by atoms with E-state index in [0.29, 0.717) is 22.1 Å². The van der Waals surface area contributed by atoms with Crippen LogP contribution < -0.4 is 11.1 Å². The second-order valence-electron chi connectivity index (χ2n) is 4.89. The van der Waals surface area contributed by atoms with Gasteiger partial charge in [0.2, 0.25) is 5.88 Å². The largest absolute Gasteiger partial charge is 0.397 e. The molecule has 0 fully saturated rings. The molecule has 3 aromatic rings. The Labute approximate surface area is 125 Å². The van der Waals surface area contributed by atoms with Gasteiger partial charge < -0.3 is 10.3 Å². The Morgan fingerprint density at radius 2 is 2.05 bits per heavy atom. The number of hydrogen-bond donors (Lipinski definition) is 2. The third-order valence-electron chi connectivity index (χ3n) is 3.10. The number of nitrogen functional groups attached to an aromatic ring is 1. The predicted octanol–water partition coefficient (Wildman–Crippen LogP) is 3.04. The van der Waals surface area contributed by atoms with E-state index in [1.807, 2.05) is 19.9 Å². The summed E-state index contributed by atoms with van der Waals surface area (Å²) in [6, 6.07) is 3.60. The smallest absolute Gasteiger partial charge is 0.270 e. The monoisotopic (exact) mass is 302 g/mol. The first-order chi connectivity index (χ1) is 9.95. The Morgan fingerprint density at radius 3 is 2.71 bits per heavy atom. The number of nitrogens with two attached hydrogens (primary N) is 1. The van der Waals surface area contributed by atoms with Crippen LogP contribution in [-0.4, -0.2) is 16.0 Å². The quantitative estimate of drug-likeness (QED) is 0.758. The Morgan fingerprint density at radius 1 is 1.29 bits per heavy atom. The van der Waals surface area contributed by atoms with Crippen LogP contribution >= 0.6 is 11.3 Å². The van der Waals surface area contributed by atoms with Gasteiger partial charge in [-0.1, -0.05) is 5.16 Å². The fraction of sp³-hybridized carbons (Fsp3) is 0.214. The summed E-state index contributed by atoms with van der Waals surface area (Å²) in [5.74, 6) is -0.0149. The Balaban J connectivity index is 2.02. The third-order valence-corrected chi connectivity index (χ3v) is 4.19. The topological polar surface area (TPSA) is 94.0 Å². The number of fused-ring (bicyclic) bond motifs is 1. The molecule has 0 saturated heterocycles. The molecule has 1 amide bonds. The molecule has 3 rings (SSSR count). The fourth-order valence-electron chi connectivity index (χ4n) is 2.23. The number of amides is 1. The highest BCUT2D eigenvalue weighted by atomic mass is 32.1. The van der Waals surface area contributed by atoms with Crippen molar-refractivity contribution in [2.45, 2.75) is 20.8 Å². The van der Waals surface area contributed by atoms with Crippen molar-refractivity contribution in [2.75, 3.05) is 11.1 Å². The SMILES string of the molecule is Cc1cc(NC(=O)c2sc3nc(C)cc(C)c3c2N)on1. The molecule has 3 aromatic heterocycles. The molecule has 21 heavy (non-hydrogen) atoms. The molecule has 0 aliphatic heterocycles. The van der Waals surface area contributed by atoms with Crippen molar-refractivity contribution in [3.05, 3.63) is 34.0 Å². The van der Waals surface area contributed by atoms with Gasteiger partial charge in [0, 0.05) is 17.1 Å². The van der Waals surface area contributed by atoms with Gasteiger partial charge in [0.25, 0.3) is 5.91 Å². The number of hydrogen-bond acceptors (Lipinski definition) is 6. The Bertz CT molecular complexity index is 850. The molecular weight excluding hydrogens is 288 g/mol.